The minimum atomic E-state index is 0.454. The van der Waals surface area contributed by atoms with Crippen molar-refractivity contribution in [2.24, 2.45) is 0 Å². The first-order valence-electron chi connectivity index (χ1n) is 3.33. The van der Waals surface area contributed by atoms with Gasteiger partial charge in [0.1, 0.15) is 23.0 Å². The van der Waals surface area contributed by atoms with Crippen LogP contribution >= 0.6 is 23.0 Å². The minimum absolute atomic E-state index is 0.454. The van der Waals surface area contributed by atoms with Crippen molar-refractivity contribution in [1.29, 1.82) is 0 Å². The van der Waals surface area contributed by atoms with Gasteiger partial charge in [0.05, 0.1) is 6.10 Å². The third-order valence-electron chi connectivity index (χ3n) is 1.94. The van der Waals surface area contributed by atoms with E-state index in [1.54, 1.807) is 0 Å². The lowest BCUT2D eigenvalue weighted by atomic mass is 10.2. The van der Waals surface area contributed by atoms with E-state index in [9.17, 15) is 0 Å². The molecule has 0 amide bonds. The molecule has 2 atom stereocenters. The Kier molecular flexibility index (Phi) is 3.21. The normalized spacial score (nSPS) is 35.3. The lowest BCUT2D eigenvalue weighted by Gasteiger charge is -2.14. The Morgan fingerprint density at radius 3 is 2.78 bits per heavy atom. The van der Waals surface area contributed by atoms with Crippen LogP contribution in [0, 0.1) is 0 Å². The van der Waals surface area contributed by atoms with E-state index >= 15 is 0 Å². The first kappa shape index (κ1) is 7.75. The second kappa shape index (κ2) is 3.73. The predicted octanol–water partition coefficient (Wildman–Crippen LogP) is 1.49. The molecule has 3 heteroatoms. The van der Waals surface area contributed by atoms with Gasteiger partial charge in [0.2, 0.25) is 0 Å². The van der Waals surface area contributed by atoms with Gasteiger partial charge in [-0.15, -0.1) is 0 Å². The second-order valence-electron chi connectivity index (χ2n) is 2.45. The first-order chi connectivity index (χ1) is 4.38. The van der Waals surface area contributed by atoms with Crippen LogP contribution in [0.5, 0.6) is 0 Å². The predicted molar refractivity (Wildman–Crippen MR) is 45.6 cm³/mol. The molecule has 0 saturated heterocycles. The molecule has 9 heavy (non-hydrogen) atoms. The monoisotopic (exact) mass is 241 g/mol. The van der Waals surface area contributed by atoms with E-state index < -0.39 is 0 Å². The molecule has 0 bridgehead atoms. The Hall–Kier alpha value is 0.650. The molecule has 1 rings (SSSR count). The molecular weight excluding hydrogens is 229 g/mol. The minimum Gasteiger partial charge on any atom is -0.314 e. The van der Waals surface area contributed by atoms with Crippen molar-refractivity contribution in [2.45, 2.75) is 31.4 Å². The molecule has 1 aliphatic rings. The van der Waals surface area contributed by atoms with Gasteiger partial charge in [-0.2, -0.15) is 0 Å². The van der Waals surface area contributed by atoms with E-state index in [1.807, 2.05) is 30.1 Å². The molecule has 0 aliphatic heterocycles. The van der Waals surface area contributed by atoms with Crippen LogP contribution in [0.4, 0.5) is 0 Å². The number of hydrogen-bond acceptors (Lipinski definition) is 2. The lowest BCUT2D eigenvalue weighted by molar-refractivity contribution is 0.248. The van der Waals surface area contributed by atoms with Gasteiger partial charge in [-0.1, -0.05) is 0 Å². The fourth-order valence-corrected chi connectivity index (χ4v) is 1.97. The van der Waals surface area contributed by atoms with E-state index in [4.69, 9.17) is 3.07 Å². The molecule has 1 N–H and O–H groups in total. The third-order valence-corrected chi connectivity index (χ3v) is 2.59. The highest BCUT2D eigenvalue weighted by molar-refractivity contribution is 14.1. The average molecular weight is 241 g/mol. The molecule has 54 valence electrons. The zero-order chi connectivity index (χ0) is 6.69. The van der Waals surface area contributed by atoms with Crippen molar-refractivity contribution in [3.63, 3.8) is 0 Å². The number of hydrogen-bond donors (Lipinski definition) is 1. The van der Waals surface area contributed by atoms with E-state index in [-0.39, 0.29) is 0 Å². The van der Waals surface area contributed by atoms with Crippen LogP contribution in [0.15, 0.2) is 0 Å². The molecule has 0 aromatic carbocycles. The quantitative estimate of drug-likeness (QED) is 0.739. The Labute approximate surface area is 70.0 Å². The Morgan fingerprint density at radius 2 is 2.33 bits per heavy atom. The molecule has 0 spiro atoms. The molecule has 1 aliphatic carbocycles. The van der Waals surface area contributed by atoms with Crippen molar-refractivity contribution in [1.82, 2.24) is 5.32 Å². The van der Waals surface area contributed by atoms with Gasteiger partial charge in [0.15, 0.2) is 0 Å². The molecular formula is C6H12INO. The Bertz CT molecular complexity index is 79.1. The Balaban J connectivity index is 2.32. The maximum atomic E-state index is 5.22. The molecule has 0 heterocycles. The van der Waals surface area contributed by atoms with Gasteiger partial charge in [0, 0.05) is 6.04 Å². The molecule has 2 nitrogen and oxygen atoms in total. The summed E-state index contributed by atoms with van der Waals surface area (Å²) in [5.74, 6) is 0. The maximum Gasteiger partial charge on any atom is 0.110 e. The zero-order valence-corrected chi connectivity index (χ0v) is 7.72. The van der Waals surface area contributed by atoms with E-state index in [0.717, 1.165) is 0 Å². The van der Waals surface area contributed by atoms with Gasteiger partial charge < -0.3 is 8.38 Å². The van der Waals surface area contributed by atoms with Gasteiger partial charge in [-0.3, -0.25) is 0 Å². The smallest absolute Gasteiger partial charge is 0.110 e. The van der Waals surface area contributed by atoms with Gasteiger partial charge in [-0.05, 0) is 26.3 Å². The molecule has 1 fully saturated rings. The fourth-order valence-electron chi connectivity index (χ4n) is 1.36. The topological polar surface area (TPSA) is 21.3 Å². The van der Waals surface area contributed by atoms with Crippen LogP contribution < -0.4 is 5.32 Å². The van der Waals surface area contributed by atoms with Crippen LogP contribution in [-0.4, -0.2) is 19.2 Å². The van der Waals surface area contributed by atoms with Crippen LogP contribution in [-0.2, 0) is 3.07 Å². The highest BCUT2D eigenvalue weighted by Crippen LogP contribution is 2.23. The standard InChI is InChI=1S/C6H12INO/c1-8-5-3-2-4-6(5)9-7/h5-6,8H,2-4H2,1H3/t5-,6-/m1/s1. The van der Waals surface area contributed by atoms with Gasteiger partial charge in [-0.25, -0.2) is 0 Å². The number of likely N-dealkylation sites (N-methyl/N-ethyl adjacent to an activating group) is 1. The largest absolute Gasteiger partial charge is 0.314 e. The summed E-state index contributed by atoms with van der Waals surface area (Å²) in [6.45, 7) is 0. The van der Waals surface area contributed by atoms with Gasteiger partial charge in [0.25, 0.3) is 0 Å². The zero-order valence-electron chi connectivity index (χ0n) is 5.56. The molecule has 0 aromatic heterocycles. The number of rotatable bonds is 2. The summed E-state index contributed by atoms with van der Waals surface area (Å²) >= 11 is 1.99. The van der Waals surface area contributed by atoms with E-state index in [2.05, 4.69) is 5.32 Å². The summed E-state index contributed by atoms with van der Waals surface area (Å²) in [7, 11) is 2.00. The molecule has 0 radical (unpaired) electrons. The first-order valence-corrected chi connectivity index (χ1v) is 4.21. The van der Waals surface area contributed by atoms with Crippen molar-refractivity contribution in [2.75, 3.05) is 7.05 Å². The summed E-state index contributed by atoms with van der Waals surface area (Å²) in [6, 6.07) is 0.599. The lowest BCUT2D eigenvalue weighted by Crippen LogP contribution is -2.32. The van der Waals surface area contributed by atoms with Crippen molar-refractivity contribution < 1.29 is 3.07 Å². The number of halogens is 1. The SMILES string of the molecule is CN[C@@H]1CCC[C@H]1OI. The van der Waals surface area contributed by atoms with Crippen LogP contribution in [0.1, 0.15) is 19.3 Å². The second-order valence-corrected chi connectivity index (χ2v) is 2.96. The van der Waals surface area contributed by atoms with E-state index in [1.165, 1.54) is 19.3 Å². The van der Waals surface area contributed by atoms with Crippen LogP contribution in [0.2, 0.25) is 0 Å². The summed E-state index contributed by atoms with van der Waals surface area (Å²) in [5.41, 5.74) is 0. The molecule has 1 saturated carbocycles. The summed E-state index contributed by atoms with van der Waals surface area (Å²) in [5, 5.41) is 3.24. The summed E-state index contributed by atoms with van der Waals surface area (Å²) in [4.78, 5) is 0. The summed E-state index contributed by atoms with van der Waals surface area (Å²) in [6.07, 6.45) is 4.24. The van der Waals surface area contributed by atoms with Crippen molar-refractivity contribution in [3.05, 3.63) is 0 Å². The molecule has 0 aromatic rings. The Morgan fingerprint density at radius 1 is 1.56 bits per heavy atom. The van der Waals surface area contributed by atoms with Gasteiger partial charge >= 0.3 is 0 Å². The molecule has 0 unspecified atom stereocenters. The van der Waals surface area contributed by atoms with E-state index in [0.29, 0.717) is 12.1 Å². The van der Waals surface area contributed by atoms with Crippen molar-refractivity contribution in [3.8, 4) is 0 Å². The fraction of sp³-hybridized carbons (Fsp3) is 1.00. The van der Waals surface area contributed by atoms with Crippen LogP contribution in [0.3, 0.4) is 0 Å². The van der Waals surface area contributed by atoms with Crippen LogP contribution in [0.25, 0.3) is 0 Å². The third kappa shape index (κ3) is 1.78. The average Bonchev–Trinajstić information content (AvgIpc) is 2.33. The number of nitrogens with one attached hydrogen (secondary N) is 1. The van der Waals surface area contributed by atoms with Crippen molar-refractivity contribution >= 4 is 23.0 Å². The highest BCUT2D eigenvalue weighted by Gasteiger charge is 2.25. The summed E-state index contributed by atoms with van der Waals surface area (Å²) < 4.78 is 5.22. The highest BCUT2D eigenvalue weighted by atomic mass is 127. The maximum absolute atomic E-state index is 5.22.